The van der Waals surface area contributed by atoms with Gasteiger partial charge in [0.1, 0.15) is 19.3 Å². The Morgan fingerprint density at radius 3 is 2.70 bits per heavy atom. The van der Waals surface area contributed by atoms with Gasteiger partial charge in [-0.25, -0.2) is 0 Å². The Labute approximate surface area is 180 Å². The van der Waals surface area contributed by atoms with Crippen LogP contribution in [0.4, 0.5) is 0 Å². The average molecular weight is 419 g/mol. The summed E-state index contributed by atoms with van der Waals surface area (Å²) in [5, 5.41) is 14.3. The maximum Gasteiger partial charge on any atom is 0.220 e. The molecule has 2 aliphatic rings. The van der Waals surface area contributed by atoms with Gasteiger partial charge in [-0.05, 0) is 43.0 Å². The number of hydrogen-bond donors (Lipinski definition) is 2. The van der Waals surface area contributed by atoms with Crippen LogP contribution in [0.2, 0.25) is 0 Å². The van der Waals surface area contributed by atoms with Crippen LogP contribution >= 0.6 is 0 Å². The molecule has 1 amide bonds. The highest BCUT2D eigenvalue weighted by molar-refractivity contribution is 5.76. The largest absolute Gasteiger partial charge is 0.486 e. The van der Waals surface area contributed by atoms with Gasteiger partial charge in [0.2, 0.25) is 5.91 Å². The number of aliphatic hydroxyl groups excluding tert-OH is 1. The maximum atomic E-state index is 12.6. The molecule has 3 rings (SSSR count). The fourth-order valence-corrected chi connectivity index (χ4v) is 4.34. The zero-order valence-electron chi connectivity index (χ0n) is 18.6. The summed E-state index contributed by atoms with van der Waals surface area (Å²) in [7, 11) is 0. The second-order valence-corrected chi connectivity index (χ2v) is 8.84. The summed E-state index contributed by atoms with van der Waals surface area (Å²) < 4.78 is 11.3. The minimum Gasteiger partial charge on any atom is -0.486 e. The Kier molecular flexibility index (Phi) is 8.82. The molecule has 1 saturated heterocycles. The number of nitrogens with zero attached hydrogens (tertiary/aromatic N) is 1. The molecular weight excluding hydrogens is 380 g/mol. The molecule has 0 spiro atoms. The van der Waals surface area contributed by atoms with Gasteiger partial charge in [-0.3, -0.25) is 4.79 Å². The van der Waals surface area contributed by atoms with Gasteiger partial charge in [-0.2, -0.15) is 0 Å². The van der Waals surface area contributed by atoms with Crippen molar-refractivity contribution in [3.63, 3.8) is 0 Å². The number of benzene rings is 1. The Morgan fingerprint density at radius 1 is 1.20 bits per heavy atom. The van der Waals surface area contributed by atoms with Gasteiger partial charge in [0, 0.05) is 19.5 Å². The van der Waals surface area contributed by atoms with Crippen molar-refractivity contribution in [3.8, 4) is 11.5 Å². The average Bonchev–Trinajstić information content (AvgIpc) is 3.17. The zero-order chi connectivity index (χ0) is 21.3. The highest BCUT2D eigenvalue weighted by Crippen LogP contribution is 2.33. The lowest BCUT2D eigenvalue weighted by Crippen LogP contribution is -2.46. The quantitative estimate of drug-likeness (QED) is 0.537. The molecule has 6 nitrogen and oxygen atoms in total. The molecule has 2 aliphatic heterocycles. The minimum absolute atomic E-state index is 0.0281. The van der Waals surface area contributed by atoms with Gasteiger partial charge in [0.25, 0.3) is 0 Å². The molecule has 1 unspecified atom stereocenters. The monoisotopic (exact) mass is 418 g/mol. The van der Waals surface area contributed by atoms with Crippen molar-refractivity contribution in [1.29, 1.82) is 0 Å². The first kappa shape index (κ1) is 22.9. The van der Waals surface area contributed by atoms with Crippen molar-refractivity contribution >= 4 is 5.91 Å². The number of aliphatic hydroxyl groups is 1. The van der Waals surface area contributed by atoms with E-state index in [0.29, 0.717) is 43.6 Å². The predicted octanol–water partition coefficient (Wildman–Crippen LogP) is 3.68. The van der Waals surface area contributed by atoms with E-state index in [0.717, 1.165) is 37.9 Å². The fraction of sp³-hybridized carbons (Fsp3) is 0.708. The summed E-state index contributed by atoms with van der Waals surface area (Å²) >= 11 is 0. The molecule has 2 N–H and O–H groups in total. The van der Waals surface area contributed by atoms with E-state index in [1.165, 1.54) is 19.3 Å². The Hall–Kier alpha value is -1.79. The molecule has 3 atom stereocenters. The molecule has 0 bridgehead atoms. The number of ether oxygens (including phenoxy) is 2. The van der Waals surface area contributed by atoms with Crippen LogP contribution in [-0.4, -0.2) is 54.8 Å². The van der Waals surface area contributed by atoms with Crippen LogP contribution in [0.3, 0.4) is 0 Å². The van der Waals surface area contributed by atoms with Gasteiger partial charge in [-0.15, -0.1) is 0 Å². The van der Waals surface area contributed by atoms with Gasteiger partial charge >= 0.3 is 0 Å². The third-order valence-corrected chi connectivity index (χ3v) is 6.11. The highest BCUT2D eigenvalue weighted by atomic mass is 16.6. The topological polar surface area (TPSA) is 71.0 Å². The molecule has 0 aromatic heterocycles. The number of carbonyl (C=O) groups excluding carboxylic acids is 1. The van der Waals surface area contributed by atoms with Gasteiger partial charge in [0.15, 0.2) is 11.5 Å². The van der Waals surface area contributed by atoms with Crippen molar-refractivity contribution in [1.82, 2.24) is 10.2 Å². The molecular formula is C24H38N2O4. The highest BCUT2D eigenvalue weighted by Gasteiger charge is 2.29. The molecule has 1 fully saturated rings. The molecule has 1 aromatic carbocycles. The summed E-state index contributed by atoms with van der Waals surface area (Å²) in [5.41, 5.74) is 0.750. The van der Waals surface area contributed by atoms with Gasteiger partial charge in [-0.1, -0.05) is 45.6 Å². The molecule has 0 radical (unpaired) electrons. The third-order valence-electron chi connectivity index (χ3n) is 6.11. The number of likely N-dealkylation sites (tertiary alicyclic amines) is 1. The molecule has 1 aromatic rings. The zero-order valence-corrected chi connectivity index (χ0v) is 18.6. The standard InChI is InChI=1S/C24H38N2O4/c1-3-4-5-6-7-8-23(27)25-20(17-26-12-11-18(2)16-26)24(28)19-9-10-21-22(15-19)30-14-13-29-21/h9-10,15,18,20,24,28H,3-8,11-14,16-17H2,1-2H3,(H,25,27)/t18?,20-,24-/m1/s1. The number of amides is 1. The first-order valence-electron chi connectivity index (χ1n) is 11.7. The van der Waals surface area contributed by atoms with Gasteiger partial charge in [0.05, 0.1) is 6.04 Å². The number of rotatable bonds is 11. The first-order chi connectivity index (χ1) is 14.6. The predicted molar refractivity (Wildman–Crippen MR) is 118 cm³/mol. The molecule has 2 heterocycles. The fourth-order valence-electron chi connectivity index (χ4n) is 4.34. The van der Waals surface area contributed by atoms with E-state index in [4.69, 9.17) is 9.47 Å². The normalized spacial score (nSPS) is 20.7. The van der Waals surface area contributed by atoms with Crippen LogP contribution in [0.1, 0.15) is 70.5 Å². The summed E-state index contributed by atoms with van der Waals surface area (Å²) in [4.78, 5) is 15.0. The van der Waals surface area contributed by atoms with Gasteiger partial charge < -0.3 is 24.8 Å². The van der Waals surface area contributed by atoms with Crippen LogP contribution in [-0.2, 0) is 4.79 Å². The number of fused-ring (bicyclic) bond motifs is 1. The van der Waals surface area contributed by atoms with E-state index < -0.39 is 6.10 Å². The number of hydrogen-bond acceptors (Lipinski definition) is 5. The third kappa shape index (κ3) is 6.61. The second-order valence-electron chi connectivity index (χ2n) is 8.84. The number of carbonyl (C=O) groups is 1. The smallest absolute Gasteiger partial charge is 0.220 e. The molecule has 0 aliphatic carbocycles. The molecule has 0 saturated carbocycles. The number of unbranched alkanes of at least 4 members (excludes halogenated alkanes) is 4. The van der Waals surface area contributed by atoms with Crippen molar-refractivity contribution in [2.45, 2.75) is 70.9 Å². The summed E-state index contributed by atoms with van der Waals surface area (Å²) in [6.07, 6.45) is 6.48. The van der Waals surface area contributed by atoms with Crippen molar-refractivity contribution in [2.75, 3.05) is 32.8 Å². The van der Waals surface area contributed by atoms with E-state index >= 15 is 0 Å². The van der Waals surface area contributed by atoms with E-state index in [1.54, 1.807) is 0 Å². The van der Waals surface area contributed by atoms with Crippen LogP contribution in [0.5, 0.6) is 11.5 Å². The minimum atomic E-state index is -0.791. The second kappa shape index (κ2) is 11.6. The Balaban J connectivity index is 1.63. The molecule has 6 heteroatoms. The van der Waals surface area contributed by atoms with Crippen molar-refractivity contribution in [2.24, 2.45) is 5.92 Å². The van der Waals surface area contributed by atoms with Crippen LogP contribution in [0, 0.1) is 5.92 Å². The first-order valence-corrected chi connectivity index (χ1v) is 11.7. The SMILES string of the molecule is CCCCCCCC(=O)N[C@H](CN1CCC(C)C1)[C@H](O)c1ccc2c(c1)OCCO2. The lowest BCUT2D eigenvalue weighted by molar-refractivity contribution is -0.123. The molecule has 168 valence electrons. The number of nitrogens with one attached hydrogen (secondary N) is 1. The van der Waals surface area contributed by atoms with Crippen molar-refractivity contribution in [3.05, 3.63) is 23.8 Å². The Morgan fingerprint density at radius 2 is 1.97 bits per heavy atom. The van der Waals surface area contributed by atoms with Crippen molar-refractivity contribution < 1.29 is 19.4 Å². The van der Waals surface area contributed by atoms with E-state index in [9.17, 15) is 9.90 Å². The van der Waals surface area contributed by atoms with Crippen LogP contribution in [0.25, 0.3) is 0 Å². The van der Waals surface area contributed by atoms with E-state index in [-0.39, 0.29) is 11.9 Å². The lowest BCUT2D eigenvalue weighted by Gasteiger charge is -2.29. The summed E-state index contributed by atoms with van der Waals surface area (Å²) in [5.74, 6) is 2.05. The Bertz CT molecular complexity index is 681. The molecule has 30 heavy (non-hydrogen) atoms. The van der Waals surface area contributed by atoms with Crippen LogP contribution in [0.15, 0.2) is 18.2 Å². The van der Waals surface area contributed by atoms with Crippen LogP contribution < -0.4 is 14.8 Å². The lowest BCUT2D eigenvalue weighted by atomic mass is 10.0. The summed E-state index contributed by atoms with van der Waals surface area (Å²) in [6.45, 7) is 8.17. The summed E-state index contributed by atoms with van der Waals surface area (Å²) in [6, 6.07) is 5.21. The van der Waals surface area contributed by atoms with E-state index in [1.807, 2.05) is 18.2 Å². The van der Waals surface area contributed by atoms with E-state index in [2.05, 4.69) is 24.1 Å². The maximum absolute atomic E-state index is 12.6.